The van der Waals surface area contributed by atoms with Crippen molar-refractivity contribution in [1.82, 2.24) is 30.1 Å². The molecule has 1 amide bonds. The number of amides is 1. The van der Waals surface area contributed by atoms with Gasteiger partial charge >= 0.3 is 0 Å². The molecule has 8 heteroatoms. The Morgan fingerprint density at radius 2 is 2.28 bits per heavy atom. The first kappa shape index (κ1) is 16.3. The number of carbonyl (C=O) groups excluding carboxylic acids is 1. The molecule has 0 radical (unpaired) electrons. The summed E-state index contributed by atoms with van der Waals surface area (Å²) in [5.74, 6) is 1.80. The lowest BCUT2D eigenvalue weighted by Gasteiger charge is -2.26. The van der Waals surface area contributed by atoms with Crippen LogP contribution in [0.15, 0.2) is 10.6 Å². The molecule has 2 aliphatic rings. The minimum absolute atomic E-state index is 0.169. The number of nitrogens with zero attached hydrogens (tertiary/aromatic N) is 5. The van der Waals surface area contributed by atoms with Gasteiger partial charge in [-0.05, 0) is 18.9 Å². The van der Waals surface area contributed by atoms with Gasteiger partial charge in [-0.3, -0.25) is 14.4 Å². The molecule has 0 unspecified atom stereocenters. The van der Waals surface area contributed by atoms with Crippen molar-refractivity contribution in [2.24, 2.45) is 5.92 Å². The van der Waals surface area contributed by atoms with Gasteiger partial charge in [-0.25, -0.2) is 0 Å². The quantitative estimate of drug-likeness (QED) is 0.849. The van der Waals surface area contributed by atoms with Crippen molar-refractivity contribution in [3.63, 3.8) is 0 Å². The molecule has 1 fully saturated rings. The smallest absolute Gasteiger partial charge is 0.226 e. The summed E-state index contributed by atoms with van der Waals surface area (Å²) in [5.41, 5.74) is 2.09. The van der Waals surface area contributed by atoms with E-state index in [1.165, 1.54) is 12.1 Å². The summed E-state index contributed by atoms with van der Waals surface area (Å²) >= 11 is 0. The third-order valence-electron chi connectivity index (χ3n) is 5.02. The fourth-order valence-corrected chi connectivity index (χ4v) is 3.29. The van der Waals surface area contributed by atoms with Crippen LogP contribution in [0.2, 0.25) is 0 Å². The van der Waals surface area contributed by atoms with E-state index in [0.29, 0.717) is 19.0 Å². The molecule has 134 valence electrons. The number of carbonyl (C=O) groups is 1. The molecule has 3 heterocycles. The lowest BCUT2D eigenvalue weighted by Crippen LogP contribution is -2.34. The summed E-state index contributed by atoms with van der Waals surface area (Å²) < 4.78 is 7.21. The molecular formula is C17H24N6O2. The van der Waals surface area contributed by atoms with E-state index in [0.717, 1.165) is 50.4 Å². The van der Waals surface area contributed by atoms with Crippen molar-refractivity contribution in [1.29, 1.82) is 0 Å². The summed E-state index contributed by atoms with van der Waals surface area (Å²) in [7, 11) is 0. The number of aryl methyl sites for hydroxylation is 1. The van der Waals surface area contributed by atoms with Crippen LogP contribution in [-0.4, -0.2) is 37.3 Å². The Morgan fingerprint density at radius 1 is 1.40 bits per heavy atom. The SMILES string of the molecule is CCc1nc(CN2CCn3nc(CNC(=O)C4CCC4)cc3C2)no1. The van der Waals surface area contributed by atoms with E-state index in [4.69, 9.17) is 4.52 Å². The molecular weight excluding hydrogens is 320 g/mol. The van der Waals surface area contributed by atoms with Crippen molar-refractivity contribution in [2.75, 3.05) is 6.54 Å². The Morgan fingerprint density at radius 3 is 3.00 bits per heavy atom. The Bertz CT molecular complexity index is 748. The van der Waals surface area contributed by atoms with Crippen molar-refractivity contribution >= 4 is 5.91 Å². The normalized spacial score (nSPS) is 18.0. The Kier molecular flexibility index (Phi) is 4.52. The topological polar surface area (TPSA) is 89.1 Å². The van der Waals surface area contributed by atoms with Crippen molar-refractivity contribution in [2.45, 2.75) is 58.8 Å². The zero-order chi connectivity index (χ0) is 17.2. The Labute approximate surface area is 146 Å². The molecule has 0 spiro atoms. The maximum absolute atomic E-state index is 11.9. The van der Waals surface area contributed by atoms with Crippen LogP contribution < -0.4 is 5.32 Å². The zero-order valence-corrected chi connectivity index (χ0v) is 14.6. The van der Waals surface area contributed by atoms with Crippen molar-refractivity contribution in [3.05, 3.63) is 29.2 Å². The maximum Gasteiger partial charge on any atom is 0.226 e. The number of nitrogens with one attached hydrogen (secondary N) is 1. The van der Waals surface area contributed by atoms with Crippen LogP contribution >= 0.6 is 0 Å². The predicted molar refractivity (Wildman–Crippen MR) is 89.2 cm³/mol. The van der Waals surface area contributed by atoms with Crippen LogP contribution in [0.5, 0.6) is 0 Å². The molecule has 0 saturated heterocycles. The molecule has 1 saturated carbocycles. The highest BCUT2D eigenvalue weighted by molar-refractivity contribution is 5.79. The van der Waals surface area contributed by atoms with E-state index < -0.39 is 0 Å². The average Bonchev–Trinajstić information content (AvgIpc) is 3.17. The lowest BCUT2D eigenvalue weighted by atomic mass is 9.85. The molecule has 1 aliphatic heterocycles. The fraction of sp³-hybridized carbons (Fsp3) is 0.647. The molecule has 1 aliphatic carbocycles. The van der Waals surface area contributed by atoms with Gasteiger partial charge in [-0.2, -0.15) is 10.1 Å². The number of hydrogen-bond acceptors (Lipinski definition) is 6. The van der Waals surface area contributed by atoms with E-state index in [9.17, 15) is 4.79 Å². The average molecular weight is 344 g/mol. The van der Waals surface area contributed by atoms with E-state index >= 15 is 0 Å². The maximum atomic E-state index is 11.9. The molecule has 0 aromatic carbocycles. The third kappa shape index (κ3) is 3.58. The van der Waals surface area contributed by atoms with Gasteiger partial charge in [0.1, 0.15) is 0 Å². The number of fused-ring (bicyclic) bond motifs is 1. The standard InChI is InChI=1S/C17H24N6O2/c1-2-16-19-15(21-25-16)11-22-6-7-23-14(10-22)8-13(20-23)9-18-17(24)12-4-3-5-12/h8,12H,2-7,9-11H2,1H3,(H,18,24). The van der Waals surface area contributed by atoms with Crippen LogP contribution in [0.3, 0.4) is 0 Å². The first-order valence-corrected chi connectivity index (χ1v) is 9.08. The van der Waals surface area contributed by atoms with Gasteiger partial charge in [0.15, 0.2) is 5.82 Å². The van der Waals surface area contributed by atoms with Crippen molar-refractivity contribution < 1.29 is 9.32 Å². The molecule has 0 bridgehead atoms. The summed E-state index contributed by atoms with van der Waals surface area (Å²) in [6, 6.07) is 2.08. The van der Waals surface area contributed by atoms with Gasteiger partial charge in [-0.15, -0.1) is 0 Å². The van der Waals surface area contributed by atoms with Gasteiger partial charge in [0.2, 0.25) is 11.8 Å². The Balaban J connectivity index is 1.33. The molecule has 4 rings (SSSR count). The van der Waals surface area contributed by atoms with Crippen LogP contribution in [0.4, 0.5) is 0 Å². The van der Waals surface area contributed by atoms with Crippen LogP contribution in [0.25, 0.3) is 0 Å². The number of aromatic nitrogens is 4. The van der Waals surface area contributed by atoms with Crippen LogP contribution in [0.1, 0.15) is 49.3 Å². The summed E-state index contributed by atoms with van der Waals surface area (Å²) in [4.78, 5) is 18.6. The minimum atomic E-state index is 0.169. The Hall–Kier alpha value is -2.22. The van der Waals surface area contributed by atoms with E-state index in [1.807, 2.05) is 11.6 Å². The highest BCUT2D eigenvalue weighted by Gasteiger charge is 2.25. The second kappa shape index (κ2) is 6.95. The predicted octanol–water partition coefficient (Wildman–Crippen LogP) is 1.26. The minimum Gasteiger partial charge on any atom is -0.350 e. The zero-order valence-electron chi connectivity index (χ0n) is 14.6. The second-order valence-electron chi connectivity index (χ2n) is 6.86. The first-order chi connectivity index (χ1) is 12.2. The summed E-state index contributed by atoms with van der Waals surface area (Å²) in [5, 5.41) is 11.6. The molecule has 0 atom stereocenters. The van der Waals surface area contributed by atoms with Gasteiger partial charge in [0, 0.05) is 25.4 Å². The van der Waals surface area contributed by atoms with E-state index in [2.05, 4.69) is 31.5 Å². The molecule has 2 aromatic rings. The van der Waals surface area contributed by atoms with Gasteiger partial charge in [0.25, 0.3) is 0 Å². The largest absolute Gasteiger partial charge is 0.350 e. The molecule has 1 N–H and O–H groups in total. The van der Waals surface area contributed by atoms with Gasteiger partial charge in [-0.1, -0.05) is 18.5 Å². The highest BCUT2D eigenvalue weighted by atomic mass is 16.5. The van der Waals surface area contributed by atoms with Gasteiger partial charge < -0.3 is 9.84 Å². The molecule has 25 heavy (non-hydrogen) atoms. The van der Waals surface area contributed by atoms with E-state index in [-0.39, 0.29) is 11.8 Å². The van der Waals surface area contributed by atoms with Crippen molar-refractivity contribution in [3.8, 4) is 0 Å². The summed E-state index contributed by atoms with van der Waals surface area (Å²) in [6.45, 7) is 5.74. The molecule has 8 nitrogen and oxygen atoms in total. The lowest BCUT2D eigenvalue weighted by molar-refractivity contribution is -0.127. The third-order valence-corrected chi connectivity index (χ3v) is 5.02. The highest BCUT2D eigenvalue weighted by Crippen LogP contribution is 2.26. The number of hydrogen-bond donors (Lipinski definition) is 1. The second-order valence-corrected chi connectivity index (χ2v) is 6.86. The first-order valence-electron chi connectivity index (χ1n) is 9.08. The monoisotopic (exact) mass is 344 g/mol. The van der Waals surface area contributed by atoms with Crippen LogP contribution in [-0.2, 0) is 37.4 Å². The van der Waals surface area contributed by atoms with E-state index in [1.54, 1.807) is 0 Å². The fourth-order valence-electron chi connectivity index (χ4n) is 3.29. The van der Waals surface area contributed by atoms with Gasteiger partial charge in [0.05, 0.1) is 31.0 Å². The molecule has 2 aromatic heterocycles. The number of rotatable bonds is 6. The summed E-state index contributed by atoms with van der Waals surface area (Å²) in [6.07, 6.45) is 3.98. The van der Waals surface area contributed by atoms with Crippen LogP contribution in [0, 0.1) is 5.92 Å².